The van der Waals surface area contributed by atoms with E-state index < -0.39 is 0 Å². The Kier molecular flexibility index (Phi) is 7.35. The third-order valence-electron chi connectivity index (χ3n) is 1.29. The lowest BCUT2D eigenvalue weighted by atomic mass is 10.3. The molecule has 0 spiro atoms. The lowest BCUT2D eigenvalue weighted by molar-refractivity contribution is -0.139. The van der Waals surface area contributed by atoms with Crippen LogP contribution in [0.4, 0.5) is 0 Å². The van der Waals surface area contributed by atoms with Crippen molar-refractivity contribution in [3.63, 3.8) is 0 Å². The van der Waals surface area contributed by atoms with Crippen LogP contribution in [0.5, 0.6) is 0 Å². The standard InChI is InChI=1S/C10H16O2/c1-3-4-5-6-7-8-9-12-10(2)11/h3-4,7-8H,5-6,9H2,1-2H3/b4-3+,8-7-. The molecule has 0 N–H and O–H groups in total. The van der Waals surface area contributed by atoms with Gasteiger partial charge >= 0.3 is 5.97 Å². The molecule has 0 aliphatic rings. The van der Waals surface area contributed by atoms with Crippen molar-refractivity contribution in [3.8, 4) is 0 Å². The second kappa shape index (κ2) is 8.05. The highest BCUT2D eigenvalue weighted by atomic mass is 16.5. The van der Waals surface area contributed by atoms with Gasteiger partial charge in [-0.05, 0) is 19.8 Å². The Balaban J connectivity index is 3.20. The summed E-state index contributed by atoms with van der Waals surface area (Å²) in [5.74, 6) is -0.229. The minimum Gasteiger partial charge on any atom is -0.462 e. The van der Waals surface area contributed by atoms with Crippen LogP contribution in [0, 0.1) is 0 Å². The van der Waals surface area contributed by atoms with E-state index in [1.807, 2.05) is 25.2 Å². The molecule has 68 valence electrons. The fourth-order valence-corrected chi connectivity index (χ4v) is 0.710. The molecule has 0 unspecified atom stereocenters. The minimum absolute atomic E-state index is 0.229. The molecule has 0 amide bonds. The van der Waals surface area contributed by atoms with E-state index in [1.54, 1.807) is 0 Å². The van der Waals surface area contributed by atoms with E-state index in [9.17, 15) is 4.79 Å². The van der Waals surface area contributed by atoms with Gasteiger partial charge in [-0.1, -0.05) is 24.3 Å². The highest BCUT2D eigenvalue weighted by Crippen LogP contribution is 1.92. The van der Waals surface area contributed by atoms with Gasteiger partial charge in [0, 0.05) is 6.92 Å². The quantitative estimate of drug-likeness (QED) is 0.358. The fourth-order valence-electron chi connectivity index (χ4n) is 0.710. The van der Waals surface area contributed by atoms with Crippen molar-refractivity contribution in [3.05, 3.63) is 24.3 Å². The zero-order valence-electron chi connectivity index (χ0n) is 7.75. The average Bonchev–Trinajstić information content (AvgIpc) is 2.02. The van der Waals surface area contributed by atoms with Crippen LogP contribution in [0.1, 0.15) is 26.7 Å². The van der Waals surface area contributed by atoms with Crippen molar-refractivity contribution in [2.75, 3.05) is 6.61 Å². The zero-order valence-corrected chi connectivity index (χ0v) is 7.75. The Morgan fingerprint density at radius 2 is 1.92 bits per heavy atom. The van der Waals surface area contributed by atoms with Gasteiger partial charge in [0.2, 0.25) is 0 Å². The number of allylic oxidation sites excluding steroid dienone is 3. The average molecular weight is 168 g/mol. The van der Waals surface area contributed by atoms with Crippen LogP contribution in [0.25, 0.3) is 0 Å². The number of ether oxygens (including phenoxy) is 1. The summed E-state index contributed by atoms with van der Waals surface area (Å²) in [5.41, 5.74) is 0. The first kappa shape index (κ1) is 11.0. The van der Waals surface area contributed by atoms with Crippen molar-refractivity contribution in [1.82, 2.24) is 0 Å². The Bertz CT molecular complexity index is 169. The SMILES string of the molecule is C/C=C/CC/C=C\COC(C)=O. The van der Waals surface area contributed by atoms with Gasteiger partial charge in [-0.15, -0.1) is 0 Å². The molecule has 0 radical (unpaired) electrons. The van der Waals surface area contributed by atoms with Crippen molar-refractivity contribution in [2.24, 2.45) is 0 Å². The molecule has 0 saturated carbocycles. The van der Waals surface area contributed by atoms with Crippen molar-refractivity contribution >= 4 is 5.97 Å². The van der Waals surface area contributed by atoms with E-state index in [1.165, 1.54) is 6.92 Å². The highest BCUT2D eigenvalue weighted by molar-refractivity contribution is 5.65. The van der Waals surface area contributed by atoms with E-state index >= 15 is 0 Å². The molecular weight excluding hydrogens is 152 g/mol. The Labute approximate surface area is 73.9 Å². The number of esters is 1. The predicted octanol–water partition coefficient (Wildman–Crippen LogP) is 2.46. The Morgan fingerprint density at radius 1 is 1.25 bits per heavy atom. The molecule has 0 aliphatic heterocycles. The maximum absolute atomic E-state index is 10.3. The number of unbranched alkanes of at least 4 members (excludes halogenated alkanes) is 1. The van der Waals surface area contributed by atoms with Gasteiger partial charge in [0.25, 0.3) is 0 Å². The van der Waals surface area contributed by atoms with Gasteiger partial charge in [0.1, 0.15) is 6.61 Å². The van der Waals surface area contributed by atoms with Crippen LogP contribution in [0.15, 0.2) is 24.3 Å². The van der Waals surface area contributed by atoms with Gasteiger partial charge < -0.3 is 4.74 Å². The van der Waals surface area contributed by atoms with E-state index in [0.717, 1.165) is 12.8 Å². The Morgan fingerprint density at radius 3 is 2.50 bits per heavy atom. The van der Waals surface area contributed by atoms with Crippen molar-refractivity contribution in [1.29, 1.82) is 0 Å². The van der Waals surface area contributed by atoms with Crippen LogP contribution in [-0.4, -0.2) is 12.6 Å². The summed E-state index contributed by atoms with van der Waals surface area (Å²) < 4.78 is 4.70. The number of carbonyl (C=O) groups excluding carboxylic acids is 1. The van der Waals surface area contributed by atoms with Gasteiger partial charge in [0.15, 0.2) is 0 Å². The first-order chi connectivity index (χ1) is 5.77. The predicted molar refractivity (Wildman–Crippen MR) is 49.8 cm³/mol. The maximum Gasteiger partial charge on any atom is 0.302 e. The largest absolute Gasteiger partial charge is 0.462 e. The molecule has 0 atom stereocenters. The van der Waals surface area contributed by atoms with E-state index in [2.05, 4.69) is 6.08 Å². The molecule has 0 heterocycles. The highest BCUT2D eigenvalue weighted by Gasteiger charge is 1.85. The molecule has 0 aliphatic carbocycles. The van der Waals surface area contributed by atoms with E-state index in [4.69, 9.17) is 4.74 Å². The van der Waals surface area contributed by atoms with E-state index in [-0.39, 0.29) is 5.97 Å². The molecule has 0 saturated heterocycles. The molecule has 0 aromatic carbocycles. The third-order valence-corrected chi connectivity index (χ3v) is 1.29. The smallest absolute Gasteiger partial charge is 0.302 e. The first-order valence-electron chi connectivity index (χ1n) is 4.17. The molecule has 0 aromatic rings. The third kappa shape index (κ3) is 8.95. The molecule has 0 fully saturated rings. The molecule has 2 nitrogen and oxygen atoms in total. The number of hydrogen-bond donors (Lipinski definition) is 0. The fraction of sp³-hybridized carbons (Fsp3) is 0.500. The van der Waals surface area contributed by atoms with E-state index in [0.29, 0.717) is 6.61 Å². The topological polar surface area (TPSA) is 26.3 Å². The summed E-state index contributed by atoms with van der Waals surface area (Å²) in [6.45, 7) is 3.81. The van der Waals surface area contributed by atoms with Crippen LogP contribution in [0.2, 0.25) is 0 Å². The first-order valence-corrected chi connectivity index (χ1v) is 4.17. The van der Waals surface area contributed by atoms with Crippen LogP contribution in [-0.2, 0) is 9.53 Å². The molecule has 12 heavy (non-hydrogen) atoms. The van der Waals surface area contributed by atoms with Crippen molar-refractivity contribution < 1.29 is 9.53 Å². The summed E-state index contributed by atoms with van der Waals surface area (Å²) in [6.07, 6.45) is 10.1. The lowest BCUT2D eigenvalue weighted by Gasteiger charge is -1.93. The maximum atomic E-state index is 10.3. The van der Waals surface area contributed by atoms with Crippen LogP contribution < -0.4 is 0 Å². The van der Waals surface area contributed by atoms with Gasteiger partial charge in [-0.2, -0.15) is 0 Å². The molecule has 0 aromatic heterocycles. The zero-order chi connectivity index (χ0) is 9.23. The summed E-state index contributed by atoms with van der Waals surface area (Å²) in [6, 6.07) is 0. The summed E-state index contributed by atoms with van der Waals surface area (Å²) in [7, 11) is 0. The monoisotopic (exact) mass is 168 g/mol. The summed E-state index contributed by atoms with van der Waals surface area (Å²) in [4.78, 5) is 10.3. The number of carbonyl (C=O) groups is 1. The number of rotatable bonds is 5. The summed E-state index contributed by atoms with van der Waals surface area (Å²) in [5, 5.41) is 0. The summed E-state index contributed by atoms with van der Waals surface area (Å²) >= 11 is 0. The second-order valence-electron chi connectivity index (χ2n) is 2.42. The van der Waals surface area contributed by atoms with Crippen molar-refractivity contribution in [2.45, 2.75) is 26.7 Å². The van der Waals surface area contributed by atoms with Gasteiger partial charge in [0.05, 0.1) is 0 Å². The van der Waals surface area contributed by atoms with Gasteiger partial charge in [-0.25, -0.2) is 0 Å². The second-order valence-corrected chi connectivity index (χ2v) is 2.42. The minimum atomic E-state index is -0.229. The molecule has 0 bridgehead atoms. The molecular formula is C10H16O2. The Hall–Kier alpha value is -1.05. The molecule has 2 heteroatoms. The normalized spacial score (nSPS) is 11.2. The van der Waals surface area contributed by atoms with Gasteiger partial charge in [-0.3, -0.25) is 4.79 Å². The van der Waals surface area contributed by atoms with Crippen LogP contribution in [0.3, 0.4) is 0 Å². The number of hydrogen-bond acceptors (Lipinski definition) is 2. The molecule has 0 rings (SSSR count). The lowest BCUT2D eigenvalue weighted by Crippen LogP contribution is -1.97. The van der Waals surface area contributed by atoms with Crippen LogP contribution >= 0.6 is 0 Å².